The zero-order valence-electron chi connectivity index (χ0n) is 11.8. The van der Waals surface area contributed by atoms with E-state index in [1.807, 2.05) is 7.05 Å². The Morgan fingerprint density at radius 2 is 2.00 bits per heavy atom. The van der Waals surface area contributed by atoms with E-state index in [2.05, 4.69) is 62.3 Å². The molecular formula is C15H26N2. The molecule has 1 aromatic carbocycles. The highest BCUT2D eigenvalue weighted by atomic mass is 15.1. The largest absolute Gasteiger partial charge is 0.315 e. The number of aryl methyl sites for hydroxylation is 1. The summed E-state index contributed by atoms with van der Waals surface area (Å²) in [5.41, 5.74) is 2.73. The first-order chi connectivity index (χ1) is 8.02. The molecule has 1 aromatic rings. The van der Waals surface area contributed by atoms with Gasteiger partial charge < -0.3 is 10.2 Å². The van der Waals surface area contributed by atoms with Gasteiger partial charge in [-0.25, -0.2) is 0 Å². The number of nitrogens with one attached hydrogen (secondary N) is 1. The SMILES string of the molecule is CNC(CN(C)Cc1cccc(C)c1)C(C)C. The van der Waals surface area contributed by atoms with Crippen LogP contribution >= 0.6 is 0 Å². The molecule has 96 valence electrons. The van der Waals surface area contributed by atoms with Crippen molar-refractivity contribution in [3.8, 4) is 0 Å². The lowest BCUT2D eigenvalue weighted by molar-refractivity contribution is 0.256. The Kier molecular flexibility index (Phi) is 5.66. The van der Waals surface area contributed by atoms with Crippen molar-refractivity contribution in [1.82, 2.24) is 10.2 Å². The first kappa shape index (κ1) is 14.2. The third-order valence-corrected chi connectivity index (χ3v) is 3.22. The van der Waals surface area contributed by atoms with E-state index in [9.17, 15) is 0 Å². The van der Waals surface area contributed by atoms with Crippen molar-refractivity contribution in [1.29, 1.82) is 0 Å². The fraction of sp³-hybridized carbons (Fsp3) is 0.600. The van der Waals surface area contributed by atoms with Crippen LogP contribution in [0.2, 0.25) is 0 Å². The molecule has 0 aliphatic carbocycles. The maximum Gasteiger partial charge on any atom is 0.0231 e. The zero-order valence-corrected chi connectivity index (χ0v) is 11.8. The third kappa shape index (κ3) is 4.88. The molecule has 1 N–H and O–H groups in total. The minimum absolute atomic E-state index is 0.560. The maximum absolute atomic E-state index is 3.39. The van der Waals surface area contributed by atoms with Crippen molar-refractivity contribution in [2.75, 3.05) is 20.6 Å². The highest BCUT2D eigenvalue weighted by molar-refractivity contribution is 5.21. The van der Waals surface area contributed by atoms with E-state index in [1.54, 1.807) is 0 Å². The summed E-state index contributed by atoms with van der Waals surface area (Å²) >= 11 is 0. The van der Waals surface area contributed by atoms with Crippen molar-refractivity contribution in [2.45, 2.75) is 33.4 Å². The molecule has 0 amide bonds. The summed E-state index contributed by atoms with van der Waals surface area (Å²) < 4.78 is 0. The lowest BCUT2D eigenvalue weighted by Gasteiger charge is -2.26. The number of hydrogen-bond donors (Lipinski definition) is 1. The Hall–Kier alpha value is -0.860. The summed E-state index contributed by atoms with van der Waals surface area (Å²) in [6.07, 6.45) is 0. The zero-order chi connectivity index (χ0) is 12.8. The average Bonchev–Trinajstić information content (AvgIpc) is 2.25. The van der Waals surface area contributed by atoms with Crippen LogP contribution in [-0.4, -0.2) is 31.6 Å². The third-order valence-electron chi connectivity index (χ3n) is 3.22. The summed E-state index contributed by atoms with van der Waals surface area (Å²) in [5.74, 6) is 0.667. The van der Waals surface area contributed by atoms with Crippen molar-refractivity contribution in [3.63, 3.8) is 0 Å². The quantitative estimate of drug-likeness (QED) is 0.814. The van der Waals surface area contributed by atoms with E-state index >= 15 is 0 Å². The number of rotatable bonds is 6. The highest BCUT2D eigenvalue weighted by Gasteiger charge is 2.13. The van der Waals surface area contributed by atoms with Gasteiger partial charge in [0.15, 0.2) is 0 Å². The van der Waals surface area contributed by atoms with Crippen molar-refractivity contribution in [3.05, 3.63) is 35.4 Å². The van der Waals surface area contributed by atoms with Gasteiger partial charge in [0.2, 0.25) is 0 Å². The van der Waals surface area contributed by atoms with Crippen LogP contribution in [0.4, 0.5) is 0 Å². The van der Waals surface area contributed by atoms with Gasteiger partial charge in [0.05, 0.1) is 0 Å². The minimum Gasteiger partial charge on any atom is -0.315 e. The predicted octanol–water partition coefficient (Wildman–Crippen LogP) is 2.67. The van der Waals surface area contributed by atoms with Crippen LogP contribution < -0.4 is 5.32 Å². The Balaban J connectivity index is 2.51. The second-order valence-corrected chi connectivity index (χ2v) is 5.32. The summed E-state index contributed by atoms with van der Waals surface area (Å²) in [6.45, 7) is 8.78. The van der Waals surface area contributed by atoms with Crippen LogP contribution in [0.3, 0.4) is 0 Å². The Labute approximate surface area is 106 Å². The van der Waals surface area contributed by atoms with Crippen molar-refractivity contribution in [2.24, 2.45) is 5.92 Å². The van der Waals surface area contributed by atoms with E-state index in [-0.39, 0.29) is 0 Å². The highest BCUT2D eigenvalue weighted by Crippen LogP contribution is 2.09. The predicted molar refractivity (Wildman–Crippen MR) is 75.2 cm³/mol. The van der Waals surface area contributed by atoms with Crippen LogP contribution in [0.5, 0.6) is 0 Å². The average molecular weight is 234 g/mol. The second kappa shape index (κ2) is 6.77. The summed E-state index contributed by atoms with van der Waals surface area (Å²) in [6, 6.07) is 9.31. The normalized spacial score (nSPS) is 13.4. The Bertz CT molecular complexity index is 333. The Morgan fingerprint density at radius 1 is 1.29 bits per heavy atom. The minimum atomic E-state index is 0.560. The molecule has 0 heterocycles. The van der Waals surface area contributed by atoms with Gasteiger partial charge in [0.25, 0.3) is 0 Å². The Morgan fingerprint density at radius 3 is 2.53 bits per heavy atom. The van der Waals surface area contributed by atoms with Gasteiger partial charge >= 0.3 is 0 Å². The lowest BCUT2D eigenvalue weighted by atomic mass is 10.0. The molecule has 2 nitrogen and oxygen atoms in total. The first-order valence-electron chi connectivity index (χ1n) is 6.44. The van der Waals surface area contributed by atoms with Crippen LogP contribution in [-0.2, 0) is 6.54 Å². The van der Waals surface area contributed by atoms with Crippen molar-refractivity contribution >= 4 is 0 Å². The molecule has 0 aromatic heterocycles. The number of benzene rings is 1. The second-order valence-electron chi connectivity index (χ2n) is 5.32. The van der Waals surface area contributed by atoms with Gasteiger partial charge in [0, 0.05) is 19.1 Å². The smallest absolute Gasteiger partial charge is 0.0231 e. The fourth-order valence-corrected chi connectivity index (χ4v) is 2.16. The molecule has 0 saturated heterocycles. The molecule has 1 rings (SSSR count). The van der Waals surface area contributed by atoms with E-state index in [1.165, 1.54) is 11.1 Å². The van der Waals surface area contributed by atoms with Gasteiger partial charge in [-0.05, 0) is 32.5 Å². The standard InChI is InChI=1S/C15H26N2/c1-12(2)15(16-4)11-17(5)10-14-8-6-7-13(3)9-14/h6-9,12,15-16H,10-11H2,1-5H3. The van der Waals surface area contributed by atoms with Gasteiger partial charge in [-0.15, -0.1) is 0 Å². The van der Waals surface area contributed by atoms with Gasteiger partial charge in [-0.3, -0.25) is 0 Å². The number of hydrogen-bond acceptors (Lipinski definition) is 2. The van der Waals surface area contributed by atoms with Gasteiger partial charge in [-0.2, -0.15) is 0 Å². The molecule has 0 saturated carbocycles. The van der Waals surface area contributed by atoms with Crippen molar-refractivity contribution < 1.29 is 0 Å². The topological polar surface area (TPSA) is 15.3 Å². The summed E-state index contributed by atoms with van der Waals surface area (Å²) in [7, 11) is 4.24. The van der Waals surface area contributed by atoms with E-state index < -0.39 is 0 Å². The summed E-state index contributed by atoms with van der Waals surface area (Å²) in [5, 5.41) is 3.39. The van der Waals surface area contributed by atoms with E-state index in [0.29, 0.717) is 12.0 Å². The fourth-order valence-electron chi connectivity index (χ4n) is 2.16. The number of nitrogens with zero attached hydrogens (tertiary/aromatic N) is 1. The lowest BCUT2D eigenvalue weighted by Crippen LogP contribution is -2.40. The van der Waals surface area contributed by atoms with Crippen LogP contribution in [0.25, 0.3) is 0 Å². The summed E-state index contributed by atoms with van der Waals surface area (Å²) in [4.78, 5) is 2.38. The molecule has 1 unspecified atom stereocenters. The van der Waals surface area contributed by atoms with Crippen LogP contribution in [0.1, 0.15) is 25.0 Å². The molecule has 17 heavy (non-hydrogen) atoms. The van der Waals surface area contributed by atoms with Crippen LogP contribution in [0, 0.1) is 12.8 Å². The van der Waals surface area contributed by atoms with Gasteiger partial charge in [0.1, 0.15) is 0 Å². The number of likely N-dealkylation sites (N-methyl/N-ethyl adjacent to an activating group) is 2. The maximum atomic E-state index is 3.39. The molecule has 2 heteroatoms. The molecule has 0 spiro atoms. The first-order valence-corrected chi connectivity index (χ1v) is 6.44. The molecule has 0 aliphatic rings. The molecule has 1 atom stereocenters. The van der Waals surface area contributed by atoms with Crippen LogP contribution in [0.15, 0.2) is 24.3 Å². The molecular weight excluding hydrogens is 208 g/mol. The van der Waals surface area contributed by atoms with Gasteiger partial charge in [-0.1, -0.05) is 43.7 Å². The van der Waals surface area contributed by atoms with E-state index in [4.69, 9.17) is 0 Å². The monoisotopic (exact) mass is 234 g/mol. The molecule has 0 fully saturated rings. The molecule has 0 radical (unpaired) electrons. The molecule has 0 aliphatic heterocycles. The molecule has 0 bridgehead atoms. The van der Waals surface area contributed by atoms with E-state index in [0.717, 1.165) is 13.1 Å².